The van der Waals surface area contributed by atoms with E-state index >= 15 is 0 Å². The number of hydrogen-bond acceptors (Lipinski definition) is 3. The van der Waals surface area contributed by atoms with Crippen LogP contribution in [0.2, 0.25) is 0 Å². The summed E-state index contributed by atoms with van der Waals surface area (Å²) in [6, 6.07) is 12.8. The maximum Gasteiger partial charge on any atom is 0.255 e. The summed E-state index contributed by atoms with van der Waals surface area (Å²) in [6.45, 7) is 2.46. The highest BCUT2D eigenvalue weighted by Gasteiger charge is 2.16. The first kappa shape index (κ1) is 15.1. The SMILES string of the molecule is CC(=O)Nc1ccc(C(=O)Nc2ccc3c(c2)N(C)CC3)cc1. The van der Waals surface area contributed by atoms with Crippen molar-refractivity contribution in [3.8, 4) is 0 Å². The molecule has 1 heterocycles. The van der Waals surface area contributed by atoms with E-state index in [0.29, 0.717) is 11.3 Å². The largest absolute Gasteiger partial charge is 0.374 e. The Morgan fingerprint density at radius 3 is 2.39 bits per heavy atom. The van der Waals surface area contributed by atoms with Gasteiger partial charge in [0.15, 0.2) is 0 Å². The van der Waals surface area contributed by atoms with Gasteiger partial charge in [-0.1, -0.05) is 6.07 Å². The maximum atomic E-state index is 12.3. The second kappa shape index (κ2) is 6.12. The smallest absolute Gasteiger partial charge is 0.255 e. The molecule has 0 aromatic heterocycles. The zero-order valence-corrected chi connectivity index (χ0v) is 13.2. The predicted molar refractivity (Wildman–Crippen MR) is 92.1 cm³/mol. The Bertz CT molecular complexity index is 753. The minimum atomic E-state index is -0.167. The molecule has 1 aliphatic rings. The first-order chi connectivity index (χ1) is 11.0. The Kier molecular flexibility index (Phi) is 4.02. The lowest BCUT2D eigenvalue weighted by Gasteiger charge is -2.13. The molecule has 5 nitrogen and oxygen atoms in total. The molecule has 0 unspecified atom stereocenters. The lowest BCUT2D eigenvalue weighted by Crippen LogP contribution is -2.14. The van der Waals surface area contributed by atoms with Crippen LogP contribution in [-0.2, 0) is 11.2 Å². The number of fused-ring (bicyclic) bond motifs is 1. The summed E-state index contributed by atoms with van der Waals surface area (Å²) in [5.74, 6) is -0.301. The Hall–Kier alpha value is -2.82. The molecule has 3 rings (SSSR count). The van der Waals surface area contributed by atoms with Gasteiger partial charge in [-0.25, -0.2) is 0 Å². The van der Waals surface area contributed by atoms with Crippen molar-refractivity contribution in [1.82, 2.24) is 0 Å². The maximum absolute atomic E-state index is 12.3. The third-order valence-corrected chi connectivity index (χ3v) is 3.94. The van der Waals surface area contributed by atoms with Crippen LogP contribution < -0.4 is 15.5 Å². The number of amides is 2. The summed E-state index contributed by atoms with van der Waals surface area (Å²) in [5.41, 5.74) is 4.49. The van der Waals surface area contributed by atoms with Gasteiger partial charge in [0, 0.05) is 43.1 Å². The molecule has 0 saturated carbocycles. The van der Waals surface area contributed by atoms with Crippen molar-refractivity contribution in [3.63, 3.8) is 0 Å². The van der Waals surface area contributed by atoms with Crippen molar-refractivity contribution in [3.05, 3.63) is 53.6 Å². The molecule has 2 N–H and O–H groups in total. The number of carbonyl (C=O) groups is 2. The van der Waals surface area contributed by atoms with Gasteiger partial charge < -0.3 is 15.5 Å². The van der Waals surface area contributed by atoms with Gasteiger partial charge in [0.1, 0.15) is 0 Å². The Morgan fingerprint density at radius 2 is 1.70 bits per heavy atom. The van der Waals surface area contributed by atoms with Crippen LogP contribution in [0.25, 0.3) is 0 Å². The number of benzene rings is 2. The van der Waals surface area contributed by atoms with Gasteiger partial charge in [-0.05, 0) is 48.4 Å². The normalized spacial score (nSPS) is 12.7. The molecular weight excluding hydrogens is 290 g/mol. The third-order valence-electron chi connectivity index (χ3n) is 3.94. The van der Waals surface area contributed by atoms with Crippen LogP contribution in [0.3, 0.4) is 0 Å². The van der Waals surface area contributed by atoms with Crippen molar-refractivity contribution in [2.45, 2.75) is 13.3 Å². The molecule has 5 heteroatoms. The molecule has 0 fully saturated rings. The Balaban J connectivity index is 1.72. The summed E-state index contributed by atoms with van der Waals surface area (Å²) in [4.78, 5) is 25.5. The zero-order chi connectivity index (χ0) is 16.4. The number of nitrogens with zero attached hydrogens (tertiary/aromatic N) is 1. The van der Waals surface area contributed by atoms with Gasteiger partial charge in [0.05, 0.1) is 0 Å². The number of nitrogens with one attached hydrogen (secondary N) is 2. The number of hydrogen-bond donors (Lipinski definition) is 2. The van der Waals surface area contributed by atoms with Gasteiger partial charge in [-0.2, -0.15) is 0 Å². The fraction of sp³-hybridized carbons (Fsp3) is 0.222. The van der Waals surface area contributed by atoms with Gasteiger partial charge in [0.2, 0.25) is 5.91 Å². The highest BCUT2D eigenvalue weighted by atomic mass is 16.2. The number of anilines is 3. The molecule has 118 valence electrons. The minimum absolute atomic E-state index is 0.135. The summed E-state index contributed by atoms with van der Waals surface area (Å²) >= 11 is 0. The molecule has 0 radical (unpaired) electrons. The second-order valence-corrected chi connectivity index (χ2v) is 5.73. The van der Waals surface area contributed by atoms with E-state index in [9.17, 15) is 9.59 Å². The van der Waals surface area contributed by atoms with Gasteiger partial charge in [0.25, 0.3) is 5.91 Å². The van der Waals surface area contributed by atoms with E-state index in [4.69, 9.17) is 0 Å². The third kappa shape index (κ3) is 3.34. The minimum Gasteiger partial charge on any atom is -0.374 e. The average molecular weight is 309 g/mol. The standard InChI is InChI=1S/C18H19N3O2/c1-12(22)19-15-6-4-14(5-7-15)18(23)20-16-8-3-13-9-10-21(2)17(13)11-16/h3-8,11H,9-10H2,1-2H3,(H,19,22)(H,20,23). The van der Waals surface area contributed by atoms with Crippen LogP contribution in [0, 0.1) is 0 Å². The van der Waals surface area contributed by atoms with Crippen LogP contribution in [0.5, 0.6) is 0 Å². The molecule has 0 bridgehead atoms. The van der Waals surface area contributed by atoms with Gasteiger partial charge in [-0.15, -0.1) is 0 Å². The molecule has 1 aliphatic heterocycles. The molecule has 23 heavy (non-hydrogen) atoms. The molecule has 0 spiro atoms. The van der Waals surface area contributed by atoms with Crippen LogP contribution in [0.1, 0.15) is 22.8 Å². The van der Waals surface area contributed by atoms with Crippen LogP contribution >= 0.6 is 0 Å². The Labute approximate surface area is 135 Å². The van der Waals surface area contributed by atoms with Crippen molar-refractivity contribution >= 4 is 28.9 Å². The summed E-state index contributed by atoms with van der Waals surface area (Å²) in [7, 11) is 2.05. The Morgan fingerprint density at radius 1 is 1.00 bits per heavy atom. The molecule has 2 amide bonds. The van der Waals surface area contributed by atoms with Gasteiger partial charge in [-0.3, -0.25) is 9.59 Å². The van der Waals surface area contributed by atoms with E-state index in [-0.39, 0.29) is 11.8 Å². The van der Waals surface area contributed by atoms with Crippen LogP contribution in [0.4, 0.5) is 17.1 Å². The summed E-state index contributed by atoms with van der Waals surface area (Å²) in [6.07, 6.45) is 1.05. The fourth-order valence-corrected chi connectivity index (χ4v) is 2.73. The fourth-order valence-electron chi connectivity index (χ4n) is 2.73. The molecule has 0 saturated heterocycles. The molecular formula is C18H19N3O2. The monoisotopic (exact) mass is 309 g/mol. The number of likely N-dealkylation sites (N-methyl/N-ethyl adjacent to an activating group) is 1. The first-order valence-electron chi connectivity index (χ1n) is 7.56. The topological polar surface area (TPSA) is 61.4 Å². The molecule has 0 aliphatic carbocycles. The summed E-state index contributed by atoms with van der Waals surface area (Å²) < 4.78 is 0. The van der Waals surface area contributed by atoms with E-state index < -0.39 is 0 Å². The van der Waals surface area contributed by atoms with Crippen molar-refractivity contribution in [2.75, 3.05) is 29.1 Å². The highest BCUT2D eigenvalue weighted by molar-refractivity contribution is 6.05. The predicted octanol–water partition coefficient (Wildman–Crippen LogP) is 2.89. The first-order valence-corrected chi connectivity index (χ1v) is 7.56. The van der Waals surface area contributed by atoms with E-state index in [1.165, 1.54) is 18.2 Å². The number of rotatable bonds is 3. The average Bonchev–Trinajstić information content (AvgIpc) is 2.88. The lowest BCUT2D eigenvalue weighted by atomic mass is 10.1. The van der Waals surface area contributed by atoms with Crippen molar-refractivity contribution in [1.29, 1.82) is 0 Å². The van der Waals surface area contributed by atoms with E-state index in [1.54, 1.807) is 24.3 Å². The molecule has 0 atom stereocenters. The van der Waals surface area contributed by atoms with Crippen LogP contribution in [-0.4, -0.2) is 25.4 Å². The highest BCUT2D eigenvalue weighted by Crippen LogP contribution is 2.29. The number of carbonyl (C=O) groups excluding carboxylic acids is 2. The van der Waals surface area contributed by atoms with E-state index in [1.807, 2.05) is 12.1 Å². The zero-order valence-electron chi connectivity index (χ0n) is 13.2. The quantitative estimate of drug-likeness (QED) is 0.916. The van der Waals surface area contributed by atoms with Crippen molar-refractivity contribution < 1.29 is 9.59 Å². The lowest BCUT2D eigenvalue weighted by molar-refractivity contribution is -0.114. The summed E-state index contributed by atoms with van der Waals surface area (Å²) in [5, 5.41) is 5.59. The van der Waals surface area contributed by atoms with E-state index in [0.717, 1.165) is 18.7 Å². The van der Waals surface area contributed by atoms with Crippen LogP contribution in [0.15, 0.2) is 42.5 Å². The molecule has 2 aromatic carbocycles. The molecule has 2 aromatic rings. The van der Waals surface area contributed by atoms with Gasteiger partial charge >= 0.3 is 0 Å². The van der Waals surface area contributed by atoms with E-state index in [2.05, 4.69) is 28.6 Å². The van der Waals surface area contributed by atoms with Crippen molar-refractivity contribution in [2.24, 2.45) is 0 Å². The second-order valence-electron chi connectivity index (χ2n) is 5.73.